The van der Waals surface area contributed by atoms with E-state index in [1.807, 2.05) is 31.2 Å². The van der Waals surface area contributed by atoms with Crippen LogP contribution in [0, 0.1) is 6.92 Å². The fraction of sp³-hybridized carbons (Fsp3) is 0.182. The fourth-order valence-electron chi connectivity index (χ4n) is 1.45. The average Bonchev–Trinajstić information content (AvgIpc) is 2.60. The molecule has 0 aliphatic rings. The summed E-state index contributed by atoms with van der Waals surface area (Å²) in [4.78, 5) is 7.42. The second-order valence-corrected chi connectivity index (χ2v) is 4.05. The minimum atomic E-state index is 0.540. The molecular weight excluding hydrogens is 256 g/mol. The number of halogens is 1. The third kappa shape index (κ3) is 1.90. The molecule has 0 bridgehead atoms. The van der Waals surface area contributed by atoms with Crippen LogP contribution in [0.25, 0.3) is 11.3 Å². The summed E-state index contributed by atoms with van der Waals surface area (Å²) in [5.74, 6) is 0. The molecule has 78 valence electrons. The summed E-state index contributed by atoms with van der Waals surface area (Å²) in [6.07, 6.45) is 0. The van der Waals surface area contributed by atoms with Gasteiger partial charge < -0.3 is 9.72 Å². The summed E-state index contributed by atoms with van der Waals surface area (Å²) in [6.45, 7) is 1.98. The third-order valence-electron chi connectivity index (χ3n) is 2.19. The number of hydrogen-bond acceptors (Lipinski definition) is 2. The van der Waals surface area contributed by atoms with E-state index in [4.69, 9.17) is 4.74 Å². The Balaban J connectivity index is 2.54. The van der Waals surface area contributed by atoms with Crippen molar-refractivity contribution >= 4 is 15.9 Å². The van der Waals surface area contributed by atoms with Crippen LogP contribution in [0.15, 0.2) is 28.7 Å². The molecule has 0 atom stereocenters. The number of aromatic nitrogens is 2. The standard InChI is InChI=1S/C11H11BrN2O/c1-7-10(14-11(13-7)15-2)8-5-3-4-6-9(8)12/h3-6H,1-2H3,(H,13,14). The predicted octanol–water partition coefficient (Wildman–Crippen LogP) is 3.16. The Morgan fingerprint density at radius 2 is 2.07 bits per heavy atom. The summed E-state index contributed by atoms with van der Waals surface area (Å²) in [5.41, 5.74) is 2.98. The number of rotatable bonds is 2. The number of aromatic amines is 1. The van der Waals surface area contributed by atoms with Crippen LogP contribution < -0.4 is 4.74 Å². The van der Waals surface area contributed by atoms with E-state index in [1.165, 1.54) is 0 Å². The Labute approximate surface area is 96.6 Å². The Morgan fingerprint density at radius 3 is 2.67 bits per heavy atom. The highest BCUT2D eigenvalue weighted by molar-refractivity contribution is 9.10. The van der Waals surface area contributed by atoms with Crippen LogP contribution in [0.4, 0.5) is 0 Å². The van der Waals surface area contributed by atoms with Gasteiger partial charge in [0, 0.05) is 15.7 Å². The van der Waals surface area contributed by atoms with E-state index in [9.17, 15) is 0 Å². The van der Waals surface area contributed by atoms with Gasteiger partial charge in [-0.25, -0.2) is 0 Å². The summed E-state index contributed by atoms with van der Waals surface area (Å²) in [5, 5.41) is 0. The summed E-state index contributed by atoms with van der Waals surface area (Å²) >= 11 is 3.50. The first kappa shape index (κ1) is 10.2. The molecule has 15 heavy (non-hydrogen) atoms. The number of H-pyrrole nitrogens is 1. The van der Waals surface area contributed by atoms with Gasteiger partial charge in [0.2, 0.25) is 0 Å². The number of hydrogen-bond donors (Lipinski definition) is 1. The lowest BCUT2D eigenvalue weighted by molar-refractivity contribution is 0.384. The Morgan fingerprint density at radius 1 is 1.33 bits per heavy atom. The van der Waals surface area contributed by atoms with Crippen LogP contribution in [0.2, 0.25) is 0 Å². The SMILES string of the molecule is COc1nc(-c2ccccc2Br)c(C)[nH]1. The van der Waals surface area contributed by atoms with E-state index < -0.39 is 0 Å². The van der Waals surface area contributed by atoms with Crippen molar-refractivity contribution in [3.05, 3.63) is 34.4 Å². The summed E-state index contributed by atoms with van der Waals surface area (Å²) in [7, 11) is 1.60. The van der Waals surface area contributed by atoms with Crippen molar-refractivity contribution in [3.8, 4) is 17.3 Å². The van der Waals surface area contributed by atoms with Crippen LogP contribution in [0.5, 0.6) is 6.01 Å². The molecule has 0 spiro atoms. The number of benzene rings is 1. The smallest absolute Gasteiger partial charge is 0.294 e. The molecule has 0 unspecified atom stereocenters. The lowest BCUT2D eigenvalue weighted by atomic mass is 10.1. The van der Waals surface area contributed by atoms with Crippen molar-refractivity contribution in [1.82, 2.24) is 9.97 Å². The van der Waals surface area contributed by atoms with Crippen molar-refractivity contribution < 1.29 is 4.74 Å². The normalized spacial score (nSPS) is 10.3. The molecule has 0 amide bonds. The van der Waals surface area contributed by atoms with Gasteiger partial charge in [0.25, 0.3) is 6.01 Å². The van der Waals surface area contributed by atoms with Crippen LogP contribution >= 0.6 is 15.9 Å². The van der Waals surface area contributed by atoms with Crippen LogP contribution in [0.1, 0.15) is 5.69 Å². The molecule has 0 fully saturated rings. The van der Waals surface area contributed by atoms with Crippen LogP contribution in [0.3, 0.4) is 0 Å². The van der Waals surface area contributed by atoms with Crippen LogP contribution in [-0.2, 0) is 0 Å². The number of nitrogens with zero attached hydrogens (tertiary/aromatic N) is 1. The Hall–Kier alpha value is -1.29. The van der Waals surface area contributed by atoms with E-state index in [2.05, 4.69) is 25.9 Å². The molecule has 0 saturated carbocycles. The van der Waals surface area contributed by atoms with Crippen molar-refractivity contribution in [2.75, 3.05) is 7.11 Å². The zero-order chi connectivity index (χ0) is 10.8. The predicted molar refractivity (Wildman–Crippen MR) is 63.0 cm³/mol. The van der Waals surface area contributed by atoms with E-state index >= 15 is 0 Å². The van der Waals surface area contributed by atoms with Crippen molar-refractivity contribution in [2.45, 2.75) is 6.92 Å². The highest BCUT2D eigenvalue weighted by Gasteiger charge is 2.11. The quantitative estimate of drug-likeness (QED) is 0.907. The molecule has 0 radical (unpaired) electrons. The van der Waals surface area contributed by atoms with Gasteiger partial charge in [0.15, 0.2) is 0 Å². The summed E-state index contributed by atoms with van der Waals surface area (Å²) in [6, 6.07) is 8.52. The molecule has 1 aromatic carbocycles. The molecule has 1 aromatic heterocycles. The van der Waals surface area contributed by atoms with Gasteiger partial charge >= 0.3 is 0 Å². The first-order chi connectivity index (χ1) is 7.22. The third-order valence-corrected chi connectivity index (χ3v) is 2.88. The molecule has 2 rings (SSSR count). The Kier molecular flexibility index (Phi) is 2.77. The van der Waals surface area contributed by atoms with Gasteiger partial charge in [0.05, 0.1) is 12.8 Å². The van der Waals surface area contributed by atoms with Gasteiger partial charge in [-0.15, -0.1) is 0 Å². The van der Waals surface area contributed by atoms with Gasteiger partial charge in [0.1, 0.15) is 0 Å². The molecule has 2 aromatic rings. The molecule has 1 heterocycles. The first-order valence-electron chi connectivity index (χ1n) is 4.58. The number of imidazole rings is 1. The minimum absolute atomic E-state index is 0.540. The first-order valence-corrected chi connectivity index (χ1v) is 5.37. The second kappa shape index (κ2) is 4.06. The number of nitrogens with one attached hydrogen (secondary N) is 1. The molecule has 4 heteroatoms. The highest BCUT2D eigenvalue weighted by Crippen LogP contribution is 2.29. The van der Waals surface area contributed by atoms with Gasteiger partial charge in [-0.1, -0.05) is 34.1 Å². The molecule has 3 nitrogen and oxygen atoms in total. The number of aryl methyl sites for hydroxylation is 1. The molecule has 0 aliphatic carbocycles. The zero-order valence-corrected chi connectivity index (χ0v) is 10.1. The maximum atomic E-state index is 5.06. The maximum Gasteiger partial charge on any atom is 0.294 e. The van der Waals surface area contributed by atoms with Gasteiger partial charge in [-0.05, 0) is 13.0 Å². The number of ether oxygens (including phenoxy) is 1. The maximum absolute atomic E-state index is 5.06. The minimum Gasteiger partial charge on any atom is -0.468 e. The lowest BCUT2D eigenvalue weighted by Crippen LogP contribution is -1.84. The monoisotopic (exact) mass is 266 g/mol. The van der Waals surface area contributed by atoms with Gasteiger partial charge in [-0.2, -0.15) is 4.98 Å². The Bertz CT molecular complexity index is 479. The van der Waals surface area contributed by atoms with Crippen molar-refractivity contribution in [3.63, 3.8) is 0 Å². The topological polar surface area (TPSA) is 37.9 Å². The second-order valence-electron chi connectivity index (χ2n) is 3.20. The molecular formula is C11H11BrN2O. The molecule has 0 saturated heterocycles. The zero-order valence-electron chi connectivity index (χ0n) is 8.54. The van der Waals surface area contributed by atoms with Crippen LogP contribution in [-0.4, -0.2) is 17.1 Å². The average molecular weight is 267 g/mol. The molecule has 1 N–H and O–H groups in total. The van der Waals surface area contributed by atoms with Crippen molar-refractivity contribution in [1.29, 1.82) is 0 Å². The van der Waals surface area contributed by atoms with Gasteiger partial charge in [-0.3, -0.25) is 0 Å². The lowest BCUT2D eigenvalue weighted by Gasteiger charge is -2.00. The molecule has 0 aliphatic heterocycles. The van der Waals surface area contributed by atoms with Crippen molar-refractivity contribution in [2.24, 2.45) is 0 Å². The highest BCUT2D eigenvalue weighted by atomic mass is 79.9. The van der Waals surface area contributed by atoms with E-state index in [-0.39, 0.29) is 0 Å². The summed E-state index contributed by atoms with van der Waals surface area (Å²) < 4.78 is 6.08. The largest absolute Gasteiger partial charge is 0.468 e. The van der Waals surface area contributed by atoms with E-state index in [0.29, 0.717) is 6.01 Å². The number of methoxy groups -OCH3 is 1. The van der Waals surface area contributed by atoms with E-state index in [0.717, 1.165) is 21.4 Å². The van der Waals surface area contributed by atoms with E-state index in [1.54, 1.807) is 7.11 Å². The fourth-order valence-corrected chi connectivity index (χ4v) is 1.92.